The Kier molecular flexibility index (Phi) is 7.90. The number of para-hydroxylation sites is 1. The summed E-state index contributed by atoms with van der Waals surface area (Å²) >= 11 is 0. The highest BCUT2D eigenvalue weighted by atomic mass is 32.2. The Labute approximate surface area is 172 Å². The van der Waals surface area contributed by atoms with Crippen LogP contribution in [0, 0.1) is 0 Å². The van der Waals surface area contributed by atoms with Crippen LogP contribution in [0.15, 0.2) is 54.6 Å². The number of hydrogen-bond acceptors (Lipinski definition) is 5. The molecular weight excluding hydrogens is 392 g/mol. The monoisotopic (exact) mass is 420 g/mol. The summed E-state index contributed by atoms with van der Waals surface area (Å²) in [5, 5.41) is 2.85. The van der Waals surface area contributed by atoms with Crippen molar-refractivity contribution < 1.29 is 22.7 Å². The molecule has 0 aliphatic rings. The van der Waals surface area contributed by atoms with Crippen molar-refractivity contribution in [3.8, 4) is 11.5 Å². The van der Waals surface area contributed by atoms with Crippen LogP contribution >= 0.6 is 0 Å². The van der Waals surface area contributed by atoms with Gasteiger partial charge in [0.1, 0.15) is 24.1 Å². The Morgan fingerprint density at radius 2 is 1.66 bits per heavy atom. The molecule has 0 heterocycles. The van der Waals surface area contributed by atoms with Crippen LogP contribution in [0.25, 0.3) is 0 Å². The number of anilines is 1. The van der Waals surface area contributed by atoms with Crippen LogP contribution in [0.5, 0.6) is 11.5 Å². The van der Waals surface area contributed by atoms with Gasteiger partial charge in [-0.2, -0.15) is 0 Å². The molecule has 0 radical (unpaired) electrons. The molecule has 158 valence electrons. The first-order valence-corrected chi connectivity index (χ1v) is 11.2. The van der Waals surface area contributed by atoms with E-state index in [9.17, 15) is 13.2 Å². The first kappa shape index (κ1) is 22.5. The van der Waals surface area contributed by atoms with E-state index < -0.39 is 16.1 Å². The SMILES string of the molecule is CC[C@@H](C(=O)N[C@@H](C)COc1ccc(OC)cc1)N(c1ccccc1)S(C)(=O)=O. The zero-order valence-electron chi connectivity index (χ0n) is 17.2. The Morgan fingerprint density at radius 3 is 2.17 bits per heavy atom. The average Bonchev–Trinajstić information content (AvgIpc) is 2.70. The molecule has 0 aromatic heterocycles. The maximum Gasteiger partial charge on any atom is 0.244 e. The second-order valence-corrected chi connectivity index (χ2v) is 8.57. The highest BCUT2D eigenvalue weighted by Gasteiger charge is 2.31. The van der Waals surface area contributed by atoms with Crippen molar-refractivity contribution in [2.45, 2.75) is 32.4 Å². The number of nitrogens with one attached hydrogen (secondary N) is 1. The smallest absolute Gasteiger partial charge is 0.244 e. The van der Waals surface area contributed by atoms with E-state index in [4.69, 9.17) is 9.47 Å². The predicted molar refractivity (Wildman–Crippen MR) is 114 cm³/mol. The maximum absolute atomic E-state index is 12.9. The molecule has 29 heavy (non-hydrogen) atoms. The van der Waals surface area contributed by atoms with Crippen molar-refractivity contribution >= 4 is 21.6 Å². The van der Waals surface area contributed by atoms with Crippen LogP contribution in [-0.4, -0.2) is 46.4 Å². The van der Waals surface area contributed by atoms with E-state index in [1.165, 1.54) is 4.31 Å². The van der Waals surface area contributed by atoms with Gasteiger partial charge in [-0.3, -0.25) is 9.10 Å². The van der Waals surface area contributed by atoms with Gasteiger partial charge in [0.2, 0.25) is 15.9 Å². The summed E-state index contributed by atoms with van der Waals surface area (Å²) in [4.78, 5) is 12.9. The van der Waals surface area contributed by atoms with E-state index >= 15 is 0 Å². The van der Waals surface area contributed by atoms with Crippen LogP contribution in [-0.2, 0) is 14.8 Å². The summed E-state index contributed by atoms with van der Waals surface area (Å²) in [7, 11) is -2.05. The Balaban J connectivity index is 2.05. The average molecular weight is 421 g/mol. The van der Waals surface area contributed by atoms with Gasteiger partial charge in [-0.15, -0.1) is 0 Å². The molecule has 0 spiro atoms. The van der Waals surface area contributed by atoms with Crippen molar-refractivity contribution in [2.24, 2.45) is 0 Å². The van der Waals surface area contributed by atoms with E-state index in [1.54, 1.807) is 75.6 Å². The second kappa shape index (κ2) is 10.2. The van der Waals surface area contributed by atoms with Gasteiger partial charge < -0.3 is 14.8 Å². The van der Waals surface area contributed by atoms with Gasteiger partial charge in [-0.05, 0) is 49.7 Å². The lowest BCUT2D eigenvalue weighted by Gasteiger charge is -2.31. The highest BCUT2D eigenvalue weighted by Crippen LogP contribution is 2.22. The third-order valence-corrected chi connectivity index (χ3v) is 5.47. The molecular formula is C21H28N2O5S. The van der Waals surface area contributed by atoms with E-state index in [1.807, 2.05) is 0 Å². The molecule has 0 unspecified atom stereocenters. The van der Waals surface area contributed by atoms with Gasteiger partial charge in [-0.1, -0.05) is 25.1 Å². The minimum atomic E-state index is -3.64. The summed E-state index contributed by atoms with van der Waals surface area (Å²) in [5.41, 5.74) is 0.458. The first-order chi connectivity index (χ1) is 13.8. The van der Waals surface area contributed by atoms with Gasteiger partial charge in [0, 0.05) is 0 Å². The normalized spacial score (nSPS) is 13.2. The van der Waals surface area contributed by atoms with Gasteiger partial charge >= 0.3 is 0 Å². The topological polar surface area (TPSA) is 84.9 Å². The van der Waals surface area contributed by atoms with E-state index in [-0.39, 0.29) is 18.6 Å². The van der Waals surface area contributed by atoms with E-state index in [0.717, 1.165) is 12.0 Å². The van der Waals surface area contributed by atoms with Gasteiger partial charge in [-0.25, -0.2) is 8.42 Å². The number of benzene rings is 2. The highest BCUT2D eigenvalue weighted by molar-refractivity contribution is 7.92. The molecule has 0 fully saturated rings. The lowest BCUT2D eigenvalue weighted by molar-refractivity contribution is -0.123. The fraction of sp³-hybridized carbons (Fsp3) is 0.381. The zero-order chi connectivity index (χ0) is 21.4. The molecule has 0 bridgehead atoms. The largest absolute Gasteiger partial charge is 0.497 e. The van der Waals surface area contributed by atoms with Crippen LogP contribution < -0.4 is 19.1 Å². The Hall–Kier alpha value is -2.74. The van der Waals surface area contributed by atoms with E-state index in [0.29, 0.717) is 17.9 Å². The van der Waals surface area contributed by atoms with Crippen molar-refractivity contribution in [3.63, 3.8) is 0 Å². The maximum atomic E-state index is 12.9. The van der Waals surface area contributed by atoms with Crippen molar-refractivity contribution in [2.75, 3.05) is 24.3 Å². The lowest BCUT2D eigenvalue weighted by atomic mass is 10.1. The molecule has 0 saturated carbocycles. The lowest BCUT2D eigenvalue weighted by Crippen LogP contribution is -2.52. The summed E-state index contributed by atoms with van der Waals surface area (Å²) in [6.07, 6.45) is 1.44. The fourth-order valence-corrected chi connectivity index (χ4v) is 4.12. The number of sulfonamides is 1. The van der Waals surface area contributed by atoms with Crippen LogP contribution in [0.1, 0.15) is 20.3 Å². The molecule has 0 aliphatic heterocycles. The first-order valence-electron chi connectivity index (χ1n) is 9.38. The third kappa shape index (κ3) is 6.39. The Morgan fingerprint density at radius 1 is 1.07 bits per heavy atom. The number of hydrogen-bond donors (Lipinski definition) is 1. The number of nitrogens with zero attached hydrogens (tertiary/aromatic N) is 1. The molecule has 0 saturated heterocycles. The van der Waals surface area contributed by atoms with Crippen molar-refractivity contribution in [1.82, 2.24) is 5.32 Å². The number of methoxy groups -OCH3 is 1. The zero-order valence-corrected chi connectivity index (χ0v) is 18.0. The summed E-state index contributed by atoms with van der Waals surface area (Å²) in [5.74, 6) is 1.01. The van der Waals surface area contributed by atoms with Gasteiger partial charge in [0.05, 0.1) is 25.1 Å². The second-order valence-electron chi connectivity index (χ2n) is 6.71. The van der Waals surface area contributed by atoms with Crippen LogP contribution in [0.3, 0.4) is 0 Å². The number of carbonyl (C=O) groups excluding carboxylic acids is 1. The van der Waals surface area contributed by atoms with E-state index in [2.05, 4.69) is 5.32 Å². The molecule has 0 aliphatic carbocycles. The molecule has 2 aromatic carbocycles. The fourth-order valence-electron chi connectivity index (χ4n) is 2.91. The summed E-state index contributed by atoms with van der Waals surface area (Å²) in [6.45, 7) is 3.84. The molecule has 2 rings (SSSR count). The summed E-state index contributed by atoms with van der Waals surface area (Å²) in [6, 6.07) is 14.6. The van der Waals surface area contributed by atoms with Crippen molar-refractivity contribution in [3.05, 3.63) is 54.6 Å². The minimum absolute atomic E-state index is 0.249. The number of rotatable bonds is 10. The standard InChI is InChI=1S/C21H28N2O5S/c1-5-20(23(29(4,25)26)17-9-7-6-8-10-17)21(24)22-16(2)15-28-19-13-11-18(27-3)12-14-19/h6-14,16,20H,5,15H2,1-4H3,(H,22,24)/t16-,20-/m0/s1. The Bertz CT molecular complexity index is 885. The molecule has 2 atom stereocenters. The number of amides is 1. The van der Waals surface area contributed by atoms with Gasteiger partial charge in [0.25, 0.3) is 0 Å². The van der Waals surface area contributed by atoms with Crippen molar-refractivity contribution in [1.29, 1.82) is 0 Å². The molecule has 7 nitrogen and oxygen atoms in total. The quantitative estimate of drug-likeness (QED) is 0.639. The predicted octanol–water partition coefficient (Wildman–Crippen LogP) is 2.82. The van der Waals surface area contributed by atoms with Gasteiger partial charge in [0.15, 0.2) is 0 Å². The molecule has 1 N–H and O–H groups in total. The van der Waals surface area contributed by atoms with Crippen LogP contribution in [0.4, 0.5) is 5.69 Å². The third-order valence-electron chi connectivity index (χ3n) is 4.29. The van der Waals surface area contributed by atoms with Crippen LogP contribution in [0.2, 0.25) is 0 Å². The summed E-state index contributed by atoms with van der Waals surface area (Å²) < 4.78 is 36.8. The number of ether oxygens (including phenoxy) is 2. The molecule has 8 heteroatoms. The molecule has 2 aromatic rings. The molecule has 1 amide bonds. The number of carbonyl (C=O) groups is 1. The minimum Gasteiger partial charge on any atom is -0.497 e.